The highest BCUT2D eigenvalue weighted by atomic mass is 35.5. The zero-order valence-corrected chi connectivity index (χ0v) is 20.3. The van der Waals surface area contributed by atoms with E-state index in [2.05, 4.69) is 25.4 Å². The first-order valence-corrected chi connectivity index (χ1v) is 11.5. The highest BCUT2D eigenvalue weighted by Gasteiger charge is 2.13. The van der Waals surface area contributed by atoms with Crippen molar-refractivity contribution in [3.63, 3.8) is 0 Å². The fourth-order valence-corrected chi connectivity index (χ4v) is 4.21. The number of ether oxygens (including phenoxy) is 1. The largest absolute Gasteiger partial charge is 0.487 e. The third kappa shape index (κ3) is 5.53. The Labute approximate surface area is 202 Å². The molecule has 0 aliphatic heterocycles. The zero-order valence-electron chi connectivity index (χ0n) is 17.6. The summed E-state index contributed by atoms with van der Waals surface area (Å²) in [5.74, 6) is 0.814. The van der Waals surface area contributed by atoms with Crippen molar-refractivity contribution in [1.82, 2.24) is 14.8 Å². The fraction of sp³-hybridized carbons (Fsp3) is 0.125. The van der Waals surface area contributed by atoms with E-state index < -0.39 is 11.2 Å². The Balaban J connectivity index is 1.64. The Morgan fingerprint density at radius 1 is 1.03 bits per heavy atom. The van der Waals surface area contributed by atoms with Gasteiger partial charge in [-0.2, -0.15) is 9.78 Å². The fourth-order valence-electron chi connectivity index (χ4n) is 3.45. The van der Waals surface area contributed by atoms with Crippen LogP contribution >= 0.6 is 32.4 Å². The molecule has 4 aromatic rings. The van der Waals surface area contributed by atoms with Crippen molar-refractivity contribution < 1.29 is 4.74 Å². The molecule has 4 rings (SSSR count). The van der Waals surface area contributed by atoms with Crippen LogP contribution in [0, 0.1) is 0 Å². The first kappa shape index (κ1) is 23.2. The summed E-state index contributed by atoms with van der Waals surface area (Å²) in [4.78, 5) is 25.5. The van der Waals surface area contributed by atoms with Crippen LogP contribution in [0.3, 0.4) is 0 Å². The van der Waals surface area contributed by atoms with Crippen molar-refractivity contribution in [1.29, 1.82) is 0 Å². The lowest BCUT2D eigenvalue weighted by atomic mass is 9.99. The van der Waals surface area contributed by atoms with E-state index in [1.807, 2.05) is 49.4 Å². The number of H-pyrrole nitrogens is 1. The van der Waals surface area contributed by atoms with Gasteiger partial charge in [0, 0.05) is 16.5 Å². The van der Waals surface area contributed by atoms with Crippen LogP contribution in [0.2, 0.25) is 10.0 Å². The SMILES string of the molecule is CC(P)Oc1cccc(-c2cccc(Cc3c(Cl)cc(-n4ncc(=O)[nH]c4=O)cc3Cl)c2)c1. The lowest BCUT2D eigenvalue weighted by molar-refractivity contribution is 0.307. The van der Waals surface area contributed by atoms with Crippen LogP contribution in [0.15, 0.2) is 76.4 Å². The Kier molecular flexibility index (Phi) is 6.99. The van der Waals surface area contributed by atoms with E-state index in [4.69, 9.17) is 27.9 Å². The van der Waals surface area contributed by atoms with Crippen molar-refractivity contribution in [2.45, 2.75) is 19.2 Å². The van der Waals surface area contributed by atoms with Crippen LogP contribution in [-0.4, -0.2) is 20.6 Å². The lowest BCUT2D eigenvalue weighted by Gasteiger charge is -2.13. The molecule has 0 spiro atoms. The highest BCUT2D eigenvalue weighted by molar-refractivity contribution is 7.17. The van der Waals surface area contributed by atoms with Gasteiger partial charge in [0.15, 0.2) is 0 Å². The quantitative estimate of drug-likeness (QED) is 0.375. The smallest absolute Gasteiger partial charge is 0.349 e. The maximum Gasteiger partial charge on any atom is 0.349 e. The molecule has 0 saturated carbocycles. The lowest BCUT2D eigenvalue weighted by Crippen LogP contribution is -2.30. The van der Waals surface area contributed by atoms with Gasteiger partial charge in [-0.25, -0.2) is 4.79 Å². The number of nitrogens with one attached hydrogen (secondary N) is 1. The Morgan fingerprint density at radius 2 is 1.70 bits per heavy atom. The van der Waals surface area contributed by atoms with Crippen molar-refractivity contribution >= 4 is 32.4 Å². The predicted octanol–water partition coefficient (Wildman–Crippen LogP) is 5.09. The monoisotopic (exact) mass is 499 g/mol. The van der Waals surface area contributed by atoms with Crippen LogP contribution < -0.4 is 16.0 Å². The van der Waals surface area contributed by atoms with Crippen LogP contribution in [0.4, 0.5) is 0 Å². The summed E-state index contributed by atoms with van der Waals surface area (Å²) in [6.45, 7) is 1.96. The van der Waals surface area contributed by atoms with Crippen molar-refractivity contribution in [3.05, 3.63) is 109 Å². The van der Waals surface area contributed by atoms with Gasteiger partial charge in [-0.05, 0) is 53.4 Å². The van der Waals surface area contributed by atoms with Gasteiger partial charge < -0.3 is 4.74 Å². The van der Waals surface area contributed by atoms with Crippen LogP contribution in [0.25, 0.3) is 16.8 Å². The second kappa shape index (κ2) is 9.92. The van der Waals surface area contributed by atoms with E-state index in [9.17, 15) is 9.59 Å². The maximum absolute atomic E-state index is 12.0. The summed E-state index contributed by atoms with van der Waals surface area (Å²) < 4.78 is 6.81. The number of aromatic nitrogens is 3. The van der Waals surface area contributed by atoms with Gasteiger partial charge >= 0.3 is 5.69 Å². The van der Waals surface area contributed by atoms with Gasteiger partial charge in [-0.1, -0.05) is 68.8 Å². The summed E-state index contributed by atoms with van der Waals surface area (Å²) in [5, 5.41) is 4.64. The van der Waals surface area contributed by atoms with Gasteiger partial charge in [-0.15, -0.1) is 0 Å². The minimum Gasteiger partial charge on any atom is -0.487 e. The Hall–Kier alpha value is -2.92. The van der Waals surface area contributed by atoms with Crippen molar-refractivity contribution in [2.75, 3.05) is 0 Å². The molecule has 168 valence electrons. The second-order valence-electron chi connectivity index (χ2n) is 7.47. The first-order valence-electron chi connectivity index (χ1n) is 10.1. The van der Waals surface area contributed by atoms with E-state index in [0.717, 1.165) is 38.9 Å². The third-order valence-corrected chi connectivity index (χ3v) is 5.69. The topological polar surface area (TPSA) is 77.0 Å². The minimum atomic E-state index is -0.669. The molecule has 0 fully saturated rings. The van der Waals surface area contributed by atoms with Gasteiger partial charge in [0.25, 0.3) is 5.56 Å². The molecule has 0 amide bonds. The molecule has 3 aromatic carbocycles. The van der Waals surface area contributed by atoms with Gasteiger partial charge in [0.1, 0.15) is 17.8 Å². The molecule has 2 atom stereocenters. The summed E-state index contributed by atoms with van der Waals surface area (Å²) in [5.41, 5.74) is 2.95. The highest BCUT2D eigenvalue weighted by Crippen LogP contribution is 2.31. The number of hydrogen-bond donors (Lipinski definition) is 1. The molecular formula is C24H20Cl2N3O3P. The predicted molar refractivity (Wildman–Crippen MR) is 135 cm³/mol. The molecule has 0 aliphatic carbocycles. The average Bonchev–Trinajstić information content (AvgIpc) is 2.76. The first-order chi connectivity index (χ1) is 15.8. The van der Waals surface area contributed by atoms with Crippen LogP contribution in [-0.2, 0) is 6.42 Å². The number of nitrogens with zero attached hydrogens (tertiary/aromatic N) is 2. The molecule has 6 nitrogen and oxygen atoms in total. The summed E-state index contributed by atoms with van der Waals surface area (Å²) in [6, 6.07) is 19.2. The van der Waals surface area contributed by atoms with E-state index in [1.165, 1.54) is 0 Å². The molecule has 0 saturated heterocycles. The molecular weight excluding hydrogens is 480 g/mol. The molecule has 1 aromatic heterocycles. The third-order valence-electron chi connectivity index (χ3n) is 4.88. The van der Waals surface area contributed by atoms with Crippen molar-refractivity contribution in [2.24, 2.45) is 0 Å². The molecule has 0 radical (unpaired) electrons. The number of rotatable bonds is 6. The van der Waals surface area contributed by atoms with E-state index in [1.54, 1.807) is 12.1 Å². The minimum absolute atomic E-state index is 0.0148. The van der Waals surface area contributed by atoms with Crippen molar-refractivity contribution in [3.8, 4) is 22.6 Å². The molecule has 1 heterocycles. The Morgan fingerprint density at radius 3 is 2.36 bits per heavy atom. The van der Waals surface area contributed by atoms with E-state index >= 15 is 0 Å². The van der Waals surface area contributed by atoms with Gasteiger partial charge in [0.2, 0.25) is 0 Å². The van der Waals surface area contributed by atoms with E-state index in [-0.39, 0.29) is 5.85 Å². The summed E-state index contributed by atoms with van der Waals surface area (Å²) >= 11 is 13.1. The summed E-state index contributed by atoms with van der Waals surface area (Å²) in [6.07, 6.45) is 1.52. The van der Waals surface area contributed by atoms with E-state index in [0.29, 0.717) is 22.2 Å². The summed E-state index contributed by atoms with van der Waals surface area (Å²) in [7, 11) is 2.62. The maximum atomic E-state index is 12.0. The average molecular weight is 500 g/mol. The van der Waals surface area contributed by atoms with Gasteiger partial charge in [0.05, 0.1) is 5.69 Å². The molecule has 33 heavy (non-hydrogen) atoms. The molecule has 0 bridgehead atoms. The van der Waals surface area contributed by atoms with Crippen LogP contribution in [0.1, 0.15) is 18.1 Å². The Bertz CT molecular complexity index is 1410. The molecule has 2 unspecified atom stereocenters. The number of aromatic amines is 1. The van der Waals surface area contributed by atoms with Crippen LogP contribution in [0.5, 0.6) is 5.75 Å². The second-order valence-corrected chi connectivity index (χ2v) is 9.22. The molecule has 1 N–H and O–H groups in total. The molecule has 9 heteroatoms. The number of halogens is 2. The number of hydrogen-bond acceptors (Lipinski definition) is 4. The standard InChI is InChI=1S/C24H20Cl2N3O3P/c1-14(33)32-19-7-3-6-17(10-19)16-5-2-4-15(8-16)9-20-21(25)11-18(12-22(20)26)29-24(31)28-23(30)13-27-29/h2-8,10-14H,9,33H2,1H3,(H,28,30,31). The molecule has 0 aliphatic rings. The zero-order chi connectivity index (χ0) is 23.5. The van der Waals surface area contributed by atoms with Gasteiger partial charge in [-0.3, -0.25) is 9.78 Å². The normalized spacial score (nSPS) is 11.9. The number of benzene rings is 3.